The molecule has 2 N–H and O–H groups in total. The highest BCUT2D eigenvalue weighted by Gasteiger charge is 2.21. The smallest absolute Gasteiger partial charge is 0.341 e. The van der Waals surface area contributed by atoms with Crippen molar-refractivity contribution in [3.05, 3.63) is 23.2 Å². The summed E-state index contributed by atoms with van der Waals surface area (Å²) >= 11 is 0. The lowest BCUT2D eigenvalue weighted by Crippen LogP contribution is -2.46. The quantitative estimate of drug-likeness (QED) is 0.824. The van der Waals surface area contributed by atoms with Gasteiger partial charge in [-0.1, -0.05) is 6.42 Å². The van der Waals surface area contributed by atoms with Crippen LogP contribution < -0.4 is 10.6 Å². The molecule has 1 aromatic heterocycles. The maximum Gasteiger partial charge on any atom is 0.341 e. The molecule has 0 saturated carbocycles. The summed E-state index contributed by atoms with van der Waals surface area (Å²) in [5, 5.41) is 6.00. The first kappa shape index (κ1) is 17.5. The lowest BCUT2D eigenvalue weighted by molar-refractivity contribution is -0.123. The highest BCUT2D eigenvalue weighted by Crippen LogP contribution is 2.15. The molecule has 0 aromatic carbocycles. The van der Waals surface area contributed by atoms with E-state index in [-0.39, 0.29) is 30.9 Å². The summed E-state index contributed by atoms with van der Waals surface area (Å²) in [7, 11) is 1.32. The number of hydrogen-bond acceptors (Lipinski definition) is 5. The molecule has 0 aliphatic carbocycles. The van der Waals surface area contributed by atoms with Crippen molar-refractivity contribution in [2.24, 2.45) is 0 Å². The molecule has 6 nitrogen and oxygen atoms in total. The minimum absolute atomic E-state index is 0. The molecule has 21 heavy (non-hydrogen) atoms. The SMILES string of the molecule is COC(=O)c1cc(CNC(=O)C2CCCCN2)oc1C.Cl. The number of amides is 1. The third kappa shape index (κ3) is 4.47. The van der Waals surface area contributed by atoms with Gasteiger partial charge in [-0.25, -0.2) is 4.79 Å². The lowest BCUT2D eigenvalue weighted by atomic mass is 10.0. The molecule has 7 heteroatoms. The van der Waals surface area contributed by atoms with E-state index in [2.05, 4.69) is 15.4 Å². The molecule has 1 amide bonds. The first-order valence-electron chi connectivity index (χ1n) is 6.80. The predicted octanol–water partition coefficient (Wildman–Crippen LogP) is 1.55. The number of hydrogen-bond donors (Lipinski definition) is 2. The second-order valence-electron chi connectivity index (χ2n) is 4.89. The number of piperidine rings is 1. The zero-order valence-electron chi connectivity index (χ0n) is 12.2. The molecule has 2 rings (SSSR count). The fourth-order valence-corrected chi connectivity index (χ4v) is 2.32. The zero-order chi connectivity index (χ0) is 14.5. The van der Waals surface area contributed by atoms with Crippen LogP contribution in [-0.4, -0.2) is 31.6 Å². The maximum atomic E-state index is 11.9. The number of aryl methyl sites for hydroxylation is 1. The highest BCUT2D eigenvalue weighted by molar-refractivity contribution is 5.90. The van der Waals surface area contributed by atoms with Crippen molar-refractivity contribution in [3.8, 4) is 0 Å². The maximum absolute atomic E-state index is 11.9. The number of nitrogens with one attached hydrogen (secondary N) is 2. The first-order valence-corrected chi connectivity index (χ1v) is 6.80. The van der Waals surface area contributed by atoms with E-state index < -0.39 is 5.97 Å². The van der Waals surface area contributed by atoms with Gasteiger partial charge in [0.2, 0.25) is 5.91 Å². The number of ether oxygens (including phenoxy) is 1. The van der Waals surface area contributed by atoms with Crippen molar-refractivity contribution in [2.75, 3.05) is 13.7 Å². The molecule has 0 bridgehead atoms. The van der Waals surface area contributed by atoms with Crippen LogP contribution in [0.1, 0.15) is 41.1 Å². The van der Waals surface area contributed by atoms with E-state index in [1.54, 1.807) is 13.0 Å². The van der Waals surface area contributed by atoms with Crippen LogP contribution in [0.15, 0.2) is 10.5 Å². The molecule has 2 heterocycles. The van der Waals surface area contributed by atoms with Gasteiger partial charge in [-0.05, 0) is 32.4 Å². The van der Waals surface area contributed by atoms with Crippen molar-refractivity contribution >= 4 is 24.3 Å². The van der Waals surface area contributed by atoms with Crippen molar-refractivity contribution in [1.29, 1.82) is 0 Å². The molecule has 1 atom stereocenters. The van der Waals surface area contributed by atoms with E-state index in [0.29, 0.717) is 17.1 Å². The van der Waals surface area contributed by atoms with Crippen molar-refractivity contribution in [1.82, 2.24) is 10.6 Å². The predicted molar refractivity (Wildman–Crippen MR) is 79.5 cm³/mol. The number of rotatable bonds is 4. The van der Waals surface area contributed by atoms with E-state index in [4.69, 9.17) is 4.42 Å². The van der Waals surface area contributed by atoms with Gasteiger partial charge in [0, 0.05) is 0 Å². The molecule has 1 aliphatic heterocycles. The molecular weight excluding hydrogens is 296 g/mol. The van der Waals surface area contributed by atoms with E-state index >= 15 is 0 Å². The van der Waals surface area contributed by atoms with E-state index in [0.717, 1.165) is 25.8 Å². The van der Waals surface area contributed by atoms with Gasteiger partial charge >= 0.3 is 5.97 Å². The van der Waals surface area contributed by atoms with E-state index in [1.807, 2.05) is 0 Å². The second kappa shape index (κ2) is 8.05. The van der Waals surface area contributed by atoms with Crippen LogP contribution in [0.5, 0.6) is 0 Å². The van der Waals surface area contributed by atoms with Crippen LogP contribution in [0.2, 0.25) is 0 Å². The summed E-state index contributed by atoms with van der Waals surface area (Å²) in [5.74, 6) is 0.583. The number of carbonyl (C=O) groups excluding carboxylic acids is 2. The van der Waals surface area contributed by atoms with Gasteiger partial charge in [-0.15, -0.1) is 12.4 Å². The summed E-state index contributed by atoms with van der Waals surface area (Å²) in [5.41, 5.74) is 0.396. The molecule has 1 aliphatic rings. The van der Waals surface area contributed by atoms with Gasteiger partial charge < -0.3 is 19.8 Å². The Bertz CT molecular complexity index is 495. The molecule has 0 spiro atoms. The van der Waals surface area contributed by atoms with E-state index in [9.17, 15) is 9.59 Å². The molecule has 118 valence electrons. The second-order valence-corrected chi connectivity index (χ2v) is 4.89. The summed E-state index contributed by atoms with van der Waals surface area (Å²) in [6.45, 7) is 2.85. The standard InChI is InChI=1S/C14H20N2O4.ClH/c1-9-11(14(18)19-2)7-10(20-9)8-16-13(17)12-5-3-4-6-15-12;/h7,12,15H,3-6,8H2,1-2H3,(H,16,17);1H. The Morgan fingerprint density at radius 1 is 1.48 bits per heavy atom. The Kier molecular flexibility index (Phi) is 6.71. The summed E-state index contributed by atoms with van der Waals surface area (Å²) in [6, 6.07) is 1.48. The number of esters is 1. The Hall–Kier alpha value is -1.53. The third-order valence-corrected chi connectivity index (χ3v) is 3.44. The lowest BCUT2D eigenvalue weighted by Gasteiger charge is -2.22. The van der Waals surface area contributed by atoms with E-state index in [1.165, 1.54) is 7.11 Å². The first-order chi connectivity index (χ1) is 9.61. The number of furan rings is 1. The van der Waals surface area contributed by atoms with Gasteiger partial charge in [-0.2, -0.15) is 0 Å². The van der Waals surface area contributed by atoms with Crippen LogP contribution in [-0.2, 0) is 16.1 Å². The Morgan fingerprint density at radius 3 is 2.86 bits per heavy atom. The van der Waals surface area contributed by atoms with Crippen molar-refractivity contribution in [3.63, 3.8) is 0 Å². The number of halogens is 1. The Morgan fingerprint density at radius 2 is 2.24 bits per heavy atom. The summed E-state index contributed by atoms with van der Waals surface area (Å²) in [4.78, 5) is 23.4. The molecular formula is C14H21ClN2O4. The van der Waals surface area contributed by atoms with Gasteiger partial charge in [0.05, 0.1) is 19.7 Å². The normalized spacial score (nSPS) is 17.7. The van der Waals surface area contributed by atoms with Crippen LogP contribution >= 0.6 is 12.4 Å². The van der Waals surface area contributed by atoms with Crippen molar-refractivity contribution < 1.29 is 18.7 Å². The van der Waals surface area contributed by atoms with Crippen LogP contribution in [0.25, 0.3) is 0 Å². The Labute approximate surface area is 130 Å². The van der Waals surface area contributed by atoms with Gasteiger partial charge in [-0.3, -0.25) is 4.79 Å². The van der Waals surface area contributed by atoms with Crippen LogP contribution in [0.4, 0.5) is 0 Å². The summed E-state index contributed by atoms with van der Waals surface area (Å²) in [6.07, 6.45) is 3.04. The fourth-order valence-electron chi connectivity index (χ4n) is 2.32. The minimum Gasteiger partial charge on any atom is -0.465 e. The topological polar surface area (TPSA) is 80.6 Å². The zero-order valence-corrected chi connectivity index (χ0v) is 13.0. The Balaban J connectivity index is 0.00000220. The number of methoxy groups -OCH3 is 1. The highest BCUT2D eigenvalue weighted by atomic mass is 35.5. The minimum atomic E-state index is -0.433. The molecule has 1 saturated heterocycles. The summed E-state index contributed by atoms with van der Waals surface area (Å²) < 4.78 is 10.1. The third-order valence-electron chi connectivity index (χ3n) is 3.44. The fraction of sp³-hybridized carbons (Fsp3) is 0.571. The van der Waals surface area contributed by atoms with Crippen LogP contribution in [0.3, 0.4) is 0 Å². The molecule has 1 aromatic rings. The average Bonchev–Trinajstić information content (AvgIpc) is 2.86. The van der Waals surface area contributed by atoms with Crippen molar-refractivity contribution in [2.45, 2.75) is 38.8 Å². The molecule has 0 radical (unpaired) electrons. The monoisotopic (exact) mass is 316 g/mol. The largest absolute Gasteiger partial charge is 0.465 e. The average molecular weight is 317 g/mol. The van der Waals surface area contributed by atoms with Gasteiger partial charge in [0.1, 0.15) is 17.1 Å². The number of carbonyl (C=O) groups is 2. The molecule has 1 unspecified atom stereocenters. The van der Waals surface area contributed by atoms with Gasteiger partial charge in [0.15, 0.2) is 0 Å². The van der Waals surface area contributed by atoms with Gasteiger partial charge in [0.25, 0.3) is 0 Å². The molecule has 1 fully saturated rings. The van der Waals surface area contributed by atoms with Crippen LogP contribution in [0, 0.1) is 6.92 Å².